The van der Waals surface area contributed by atoms with Gasteiger partial charge in [-0.1, -0.05) is 0 Å². The van der Waals surface area contributed by atoms with Crippen molar-refractivity contribution in [1.29, 1.82) is 0 Å². The van der Waals surface area contributed by atoms with Crippen molar-refractivity contribution in [2.75, 3.05) is 18.4 Å². The molecule has 2 N–H and O–H groups in total. The van der Waals surface area contributed by atoms with Crippen LogP contribution < -0.4 is 10.6 Å². The third kappa shape index (κ3) is 2.57. The van der Waals surface area contributed by atoms with Crippen LogP contribution >= 0.6 is 0 Å². The maximum Gasteiger partial charge on any atom is 0.222 e. The zero-order valence-electron chi connectivity index (χ0n) is 10.4. The highest BCUT2D eigenvalue weighted by atomic mass is 15.1. The van der Waals surface area contributed by atoms with E-state index in [0.717, 1.165) is 18.2 Å². The van der Waals surface area contributed by atoms with E-state index in [1.807, 2.05) is 13.0 Å². The van der Waals surface area contributed by atoms with Gasteiger partial charge >= 0.3 is 0 Å². The van der Waals surface area contributed by atoms with Gasteiger partial charge in [-0.3, -0.25) is 0 Å². The van der Waals surface area contributed by atoms with Crippen LogP contribution in [-0.4, -0.2) is 29.1 Å². The number of nitrogens with one attached hydrogen (secondary N) is 2. The predicted octanol–water partition coefficient (Wildman–Crippen LogP) is 1.73. The van der Waals surface area contributed by atoms with Crippen molar-refractivity contribution in [1.82, 2.24) is 15.3 Å². The Morgan fingerprint density at radius 1 is 1.47 bits per heavy atom. The molecule has 1 unspecified atom stereocenters. The first kappa shape index (κ1) is 11.0. The first-order valence-electron chi connectivity index (χ1n) is 6.53. The molecule has 17 heavy (non-hydrogen) atoms. The minimum Gasteiger partial charge on any atom is -0.353 e. The van der Waals surface area contributed by atoms with Crippen LogP contribution in [0.5, 0.6) is 0 Å². The van der Waals surface area contributed by atoms with Crippen LogP contribution in [0.2, 0.25) is 0 Å². The molecule has 1 atom stereocenters. The summed E-state index contributed by atoms with van der Waals surface area (Å²) >= 11 is 0. The molecule has 4 heteroatoms. The van der Waals surface area contributed by atoms with Gasteiger partial charge in [0, 0.05) is 24.5 Å². The van der Waals surface area contributed by atoms with Crippen LogP contribution in [0.25, 0.3) is 0 Å². The van der Waals surface area contributed by atoms with Gasteiger partial charge < -0.3 is 10.6 Å². The third-order valence-electron chi connectivity index (χ3n) is 4.03. The number of hydrogen-bond donors (Lipinski definition) is 2. The lowest BCUT2D eigenvalue weighted by atomic mass is 9.89. The summed E-state index contributed by atoms with van der Waals surface area (Å²) < 4.78 is 0. The predicted molar refractivity (Wildman–Crippen MR) is 68.0 cm³/mol. The Labute approximate surface area is 102 Å². The van der Waals surface area contributed by atoms with Gasteiger partial charge in [0.1, 0.15) is 0 Å². The molecule has 0 bridgehead atoms. The minimum atomic E-state index is 0.579. The number of nitrogens with zero attached hydrogens (tertiary/aromatic N) is 2. The number of hydrogen-bond acceptors (Lipinski definition) is 4. The molecular formula is C13H20N4. The molecule has 0 radical (unpaired) electrons. The van der Waals surface area contributed by atoms with Crippen LogP contribution in [0.1, 0.15) is 31.4 Å². The first-order chi connectivity index (χ1) is 8.26. The summed E-state index contributed by atoms with van der Waals surface area (Å²) in [5, 5.41) is 6.92. The molecule has 0 aromatic carbocycles. The quantitative estimate of drug-likeness (QED) is 0.833. The lowest BCUT2D eigenvalue weighted by Crippen LogP contribution is -2.43. The van der Waals surface area contributed by atoms with Crippen molar-refractivity contribution in [2.45, 2.75) is 38.6 Å². The average Bonchev–Trinajstić information content (AvgIpc) is 3.06. The number of rotatable bonds is 3. The Hall–Kier alpha value is -1.16. The molecule has 1 aliphatic carbocycles. The molecule has 2 fully saturated rings. The van der Waals surface area contributed by atoms with Crippen LogP contribution in [0.4, 0.5) is 5.95 Å². The summed E-state index contributed by atoms with van der Waals surface area (Å²) in [6, 6.07) is 2.50. The SMILES string of the molecule is Cc1ccnc(NCC2CC3(CCN2)CC3)n1. The fourth-order valence-corrected chi connectivity index (χ4v) is 2.76. The fourth-order valence-electron chi connectivity index (χ4n) is 2.76. The van der Waals surface area contributed by atoms with E-state index in [1.165, 1.54) is 32.2 Å². The second-order valence-electron chi connectivity index (χ2n) is 5.51. The minimum absolute atomic E-state index is 0.579. The standard InChI is InChI=1S/C13H20N4/c1-10-2-6-15-12(17-10)16-9-11-8-13(3-4-13)5-7-14-11/h2,6,11,14H,3-5,7-9H2,1H3,(H,15,16,17). The van der Waals surface area contributed by atoms with Gasteiger partial charge in [0.25, 0.3) is 0 Å². The first-order valence-corrected chi connectivity index (χ1v) is 6.53. The maximum absolute atomic E-state index is 4.36. The molecule has 2 heterocycles. The Kier molecular flexibility index (Phi) is 2.74. The highest BCUT2D eigenvalue weighted by molar-refractivity contribution is 5.25. The average molecular weight is 232 g/mol. The molecular weight excluding hydrogens is 212 g/mol. The summed E-state index contributed by atoms with van der Waals surface area (Å²) in [6.45, 7) is 4.09. The lowest BCUT2D eigenvalue weighted by molar-refractivity contribution is 0.290. The summed E-state index contributed by atoms with van der Waals surface area (Å²) in [5.74, 6) is 0.752. The highest BCUT2D eigenvalue weighted by Crippen LogP contribution is 2.53. The summed E-state index contributed by atoms with van der Waals surface area (Å²) in [6.07, 6.45) is 7.36. The zero-order valence-corrected chi connectivity index (χ0v) is 10.4. The van der Waals surface area contributed by atoms with Crippen LogP contribution in [0.3, 0.4) is 0 Å². The summed E-state index contributed by atoms with van der Waals surface area (Å²) in [5.41, 5.74) is 1.71. The van der Waals surface area contributed by atoms with Gasteiger partial charge in [0.15, 0.2) is 0 Å². The molecule has 1 saturated heterocycles. The molecule has 1 aromatic heterocycles. The number of aromatic nitrogens is 2. The Bertz CT molecular complexity index is 400. The van der Waals surface area contributed by atoms with Crippen molar-refractivity contribution in [2.24, 2.45) is 5.41 Å². The van der Waals surface area contributed by atoms with E-state index in [2.05, 4.69) is 20.6 Å². The van der Waals surface area contributed by atoms with E-state index >= 15 is 0 Å². The molecule has 2 aliphatic rings. The van der Waals surface area contributed by atoms with Gasteiger partial charge in [-0.2, -0.15) is 0 Å². The molecule has 92 valence electrons. The largest absolute Gasteiger partial charge is 0.353 e. The van der Waals surface area contributed by atoms with Gasteiger partial charge in [-0.05, 0) is 50.6 Å². The number of piperidine rings is 1. The van der Waals surface area contributed by atoms with Crippen LogP contribution in [-0.2, 0) is 0 Å². The van der Waals surface area contributed by atoms with Gasteiger partial charge in [-0.25, -0.2) is 9.97 Å². The van der Waals surface area contributed by atoms with E-state index < -0.39 is 0 Å². The molecule has 4 nitrogen and oxygen atoms in total. The molecule has 3 rings (SSSR count). The highest BCUT2D eigenvalue weighted by Gasteiger charge is 2.45. The monoisotopic (exact) mass is 232 g/mol. The molecule has 1 spiro atoms. The van der Waals surface area contributed by atoms with Crippen LogP contribution in [0, 0.1) is 12.3 Å². The Morgan fingerprint density at radius 3 is 3.12 bits per heavy atom. The van der Waals surface area contributed by atoms with Crippen molar-refractivity contribution in [3.05, 3.63) is 18.0 Å². The summed E-state index contributed by atoms with van der Waals surface area (Å²) in [7, 11) is 0. The van der Waals surface area contributed by atoms with E-state index in [-0.39, 0.29) is 0 Å². The Balaban J connectivity index is 1.53. The van der Waals surface area contributed by atoms with E-state index in [1.54, 1.807) is 6.20 Å². The summed E-state index contributed by atoms with van der Waals surface area (Å²) in [4.78, 5) is 8.59. The molecule has 0 amide bonds. The van der Waals surface area contributed by atoms with E-state index in [0.29, 0.717) is 11.5 Å². The third-order valence-corrected chi connectivity index (χ3v) is 4.03. The van der Waals surface area contributed by atoms with Crippen molar-refractivity contribution in [3.63, 3.8) is 0 Å². The fraction of sp³-hybridized carbons (Fsp3) is 0.692. The maximum atomic E-state index is 4.36. The lowest BCUT2D eigenvalue weighted by Gasteiger charge is -2.30. The Morgan fingerprint density at radius 2 is 2.35 bits per heavy atom. The molecule has 1 aromatic rings. The second-order valence-corrected chi connectivity index (χ2v) is 5.51. The van der Waals surface area contributed by atoms with Crippen LogP contribution in [0.15, 0.2) is 12.3 Å². The molecule has 1 saturated carbocycles. The van der Waals surface area contributed by atoms with Gasteiger partial charge in [0.05, 0.1) is 0 Å². The topological polar surface area (TPSA) is 49.8 Å². The van der Waals surface area contributed by atoms with E-state index in [9.17, 15) is 0 Å². The van der Waals surface area contributed by atoms with Crippen molar-refractivity contribution < 1.29 is 0 Å². The van der Waals surface area contributed by atoms with Gasteiger partial charge in [0.2, 0.25) is 5.95 Å². The molecule has 1 aliphatic heterocycles. The number of aryl methyl sites for hydroxylation is 1. The number of anilines is 1. The normalized spacial score (nSPS) is 25.8. The van der Waals surface area contributed by atoms with E-state index in [4.69, 9.17) is 0 Å². The van der Waals surface area contributed by atoms with Gasteiger partial charge in [-0.15, -0.1) is 0 Å². The zero-order chi connectivity index (χ0) is 11.7. The second kappa shape index (κ2) is 4.26. The van der Waals surface area contributed by atoms with Crippen molar-refractivity contribution >= 4 is 5.95 Å². The smallest absolute Gasteiger partial charge is 0.222 e. The van der Waals surface area contributed by atoms with Crippen molar-refractivity contribution in [3.8, 4) is 0 Å².